The summed E-state index contributed by atoms with van der Waals surface area (Å²) in [4.78, 5) is 4.55. The molecule has 0 amide bonds. The first-order chi connectivity index (χ1) is 10.3. The fourth-order valence-electron chi connectivity index (χ4n) is 2.75. The Morgan fingerprint density at radius 2 is 2.38 bits per heavy atom. The van der Waals surface area contributed by atoms with Crippen LogP contribution in [0.5, 0.6) is 0 Å². The molecule has 1 aliphatic rings. The van der Waals surface area contributed by atoms with Crippen LogP contribution in [0.15, 0.2) is 24.7 Å². The fourth-order valence-corrected chi connectivity index (χ4v) is 2.75. The molecule has 1 saturated heterocycles. The van der Waals surface area contributed by atoms with Gasteiger partial charge < -0.3 is 10.6 Å². The second kappa shape index (κ2) is 4.85. The van der Waals surface area contributed by atoms with Gasteiger partial charge in [0.2, 0.25) is 5.95 Å². The Labute approximate surface area is 121 Å². The smallest absolute Gasteiger partial charge is 0.243 e. The van der Waals surface area contributed by atoms with Gasteiger partial charge in [-0.25, -0.2) is 4.52 Å². The van der Waals surface area contributed by atoms with Crippen LogP contribution in [0.3, 0.4) is 0 Å². The number of H-pyrrole nitrogens is 1. The highest BCUT2D eigenvalue weighted by Gasteiger charge is 2.16. The maximum atomic E-state index is 4.55. The van der Waals surface area contributed by atoms with Crippen molar-refractivity contribution in [2.45, 2.75) is 19.4 Å². The summed E-state index contributed by atoms with van der Waals surface area (Å²) in [5, 5.41) is 18.1. The van der Waals surface area contributed by atoms with Crippen LogP contribution in [0.4, 0.5) is 5.95 Å². The van der Waals surface area contributed by atoms with E-state index >= 15 is 0 Å². The Morgan fingerprint density at radius 1 is 1.43 bits per heavy atom. The van der Waals surface area contributed by atoms with Crippen LogP contribution in [-0.4, -0.2) is 43.9 Å². The van der Waals surface area contributed by atoms with Crippen molar-refractivity contribution in [1.82, 2.24) is 30.1 Å². The van der Waals surface area contributed by atoms with E-state index in [2.05, 4.69) is 37.8 Å². The molecule has 4 rings (SSSR count). The van der Waals surface area contributed by atoms with E-state index in [1.165, 1.54) is 0 Å². The van der Waals surface area contributed by atoms with Gasteiger partial charge in [0.15, 0.2) is 5.65 Å². The molecule has 1 aliphatic heterocycles. The lowest BCUT2D eigenvalue weighted by Gasteiger charge is -2.07. The van der Waals surface area contributed by atoms with Gasteiger partial charge in [0.25, 0.3) is 0 Å². The molecule has 3 aromatic rings. The van der Waals surface area contributed by atoms with Crippen LogP contribution >= 0.6 is 0 Å². The van der Waals surface area contributed by atoms with E-state index in [4.69, 9.17) is 0 Å². The fraction of sp³-hybridized carbons (Fsp3) is 0.357. The number of pyridine rings is 1. The van der Waals surface area contributed by atoms with Gasteiger partial charge in [-0.3, -0.25) is 5.10 Å². The number of hydrogen-bond donors (Lipinski definition) is 3. The molecular weight excluding hydrogens is 266 g/mol. The zero-order valence-corrected chi connectivity index (χ0v) is 11.8. The lowest BCUT2D eigenvalue weighted by Crippen LogP contribution is -2.22. The second-order valence-electron chi connectivity index (χ2n) is 5.43. The van der Waals surface area contributed by atoms with Crippen LogP contribution in [0.2, 0.25) is 0 Å². The summed E-state index contributed by atoms with van der Waals surface area (Å²) in [5.74, 6) is 0.687. The minimum absolute atomic E-state index is 0.414. The normalized spacial score (nSPS) is 18.4. The van der Waals surface area contributed by atoms with Gasteiger partial charge in [0, 0.05) is 36.1 Å². The monoisotopic (exact) mass is 283 g/mol. The van der Waals surface area contributed by atoms with Crippen molar-refractivity contribution in [3.63, 3.8) is 0 Å². The molecule has 0 aromatic carbocycles. The third-order valence-electron chi connectivity index (χ3n) is 3.88. The Bertz CT molecular complexity index is 753. The molecule has 0 saturated carbocycles. The molecule has 0 unspecified atom stereocenters. The molecule has 0 aliphatic carbocycles. The molecule has 0 bridgehead atoms. The molecule has 3 aromatic heterocycles. The number of aromatic nitrogens is 5. The number of fused-ring (bicyclic) bond motifs is 1. The maximum absolute atomic E-state index is 4.55. The van der Waals surface area contributed by atoms with E-state index in [1.54, 1.807) is 0 Å². The number of anilines is 1. The van der Waals surface area contributed by atoms with Crippen molar-refractivity contribution in [2.75, 3.05) is 18.4 Å². The van der Waals surface area contributed by atoms with Crippen LogP contribution in [-0.2, 0) is 0 Å². The van der Waals surface area contributed by atoms with Crippen LogP contribution in [0.1, 0.15) is 12.0 Å². The molecule has 1 atom stereocenters. The number of aromatic amines is 1. The van der Waals surface area contributed by atoms with Crippen LogP contribution < -0.4 is 10.6 Å². The Hall–Kier alpha value is -2.41. The van der Waals surface area contributed by atoms with Crippen molar-refractivity contribution in [3.05, 3.63) is 30.2 Å². The first kappa shape index (κ1) is 12.3. The van der Waals surface area contributed by atoms with Gasteiger partial charge in [-0.15, -0.1) is 5.10 Å². The van der Waals surface area contributed by atoms with Crippen molar-refractivity contribution < 1.29 is 0 Å². The zero-order valence-electron chi connectivity index (χ0n) is 11.8. The van der Waals surface area contributed by atoms with E-state index in [0.717, 1.165) is 41.8 Å². The third kappa shape index (κ3) is 2.25. The first-order valence-electron chi connectivity index (χ1n) is 7.13. The highest BCUT2D eigenvalue weighted by molar-refractivity contribution is 5.67. The van der Waals surface area contributed by atoms with E-state index in [1.807, 2.05) is 29.2 Å². The molecule has 7 heteroatoms. The highest BCUT2D eigenvalue weighted by atomic mass is 15.4. The first-order valence-corrected chi connectivity index (χ1v) is 7.13. The lowest BCUT2D eigenvalue weighted by atomic mass is 10.1. The molecule has 0 radical (unpaired) electrons. The quantitative estimate of drug-likeness (QED) is 0.673. The molecule has 3 N–H and O–H groups in total. The average Bonchev–Trinajstić information content (AvgIpc) is 3.17. The number of nitrogens with zero attached hydrogens (tertiary/aromatic N) is 4. The number of aryl methyl sites for hydroxylation is 1. The predicted molar refractivity (Wildman–Crippen MR) is 80.2 cm³/mol. The van der Waals surface area contributed by atoms with Gasteiger partial charge in [0.05, 0.1) is 6.20 Å². The summed E-state index contributed by atoms with van der Waals surface area (Å²) in [7, 11) is 0. The predicted octanol–water partition coefficient (Wildman–Crippen LogP) is 1.20. The standard InChI is InChI=1S/C14H17N7/c1-9-4-13-19-14(18-11-2-3-15-7-11)20-21(13)8-12(9)10-5-16-17-6-10/h4-6,8,11,15H,2-3,7H2,1H3,(H,16,17)(H,18,20)/t11-/m1/s1. The topological polar surface area (TPSA) is 82.9 Å². The van der Waals surface area contributed by atoms with Crippen molar-refractivity contribution in [1.29, 1.82) is 0 Å². The summed E-state index contributed by atoms with van der Waals surface area (Å²) in [6.45, 7) is 4.09. The zero-order chi connectivity index (χ0) is 14.2. The lowest BCUT2D eigenvalue weighted by molar-refractivity contribution is 0.779. The largest absolute Gasteiger partial charge is 0.349 e. The maximum Gasteiger partial charge on any atom is 0.243 e. The number of nitrogens with one attached hydrogen (secondary N) is 3. The van der Waals surface area contributed by atoms with Crippen molar-refractivity contribution in [2.24, 2.45) is 0 Å². The van der Waals surface area contributed by atoms with Gasteiger partial charge in [-0.1, -0.05) is 0 Å². The minimum Gasteiger partial charge on any atom is -0.349 e. The van der Waals surface area contributed by atoms with Crippen molar-refractivity contribution >= 4 is 11.6 Å². The third-order valence-corrected chi connectivity index (χ3v) is 3.88. The molecule has 7 nitrogen and oxygen atoms in total. The number of rotatable bonds is 3. The molecule has 4 heterocycles. The second-order valence-corrected chi connectivity index (χ2v) is 5.43. The highest BCUT2D eigenvalue weighted by Crippen LogP contribution is 2.23. The molecule has 0 spiro atoms. The summed E-state index contributed by atoms with van der Waals surface area (Å²) in [6.07, 6.45) is 6.80. The van der Waals surface area contributed by atoms with Crippen LogP contribution in [0.25, 0.3) is 16.8 Å². The molecular formula is C14H17N7. The Kier molecular flexibility index (Phi) is 2.85. The molecule has 1 fully saturated rings. The molecule has 21 heavy (non-hydrogen) atoms. The van der Waals surface area contributed by atoms with E-state index in [-0.39, 0.29) is 0 Å². The van der Waals surface area contributed by atoms with Crippen LogP contribution in [0, 0.1) is 6.92 Å². The summed E-state index contributed by atoms with van der Waals surface area (Å²) >= 11 is 0. The van der Waals surface area contributed by atoms with E-state index < -0.39 is 0 Å². The average molecular weight is 283 g/mol. The Balaban J connectivity index is 1.70. The van der Waals surface area contributed by atoms with Crippen molar-refractivity contribution in [3.8, 4) is 11.1 Å². The summed E-state index contributed by atoms with van der Waals surface area (Å²) < 4.78 is 1.82. The van der Waals surface area contributed by atoms with Gasteiger partial charge in [-0.2, -0.15) is 10.1 Å². The van der Waals surface area contributed by atoms with Gasteiger partial charge in [-0.05, 0) is 31.5 Å². The van der Waals surface area contributed by atoms with Gasteiger partial charge >= 0.3 is 0 Å². The SMILES string of the molecule is Cc1cc2nc(N[C@@H]3CCNC3)nn2cc1-c1cn[nH]c1. The molecule has 108 valence electrons. The minimum atomic E-state index is 0.414. The Morgan fingerprint density at radius 3 is 3.14 bits per heavy atom. The summed E-state index contributed by atoms with van der Waals surface area (Å²) in [5.41, 5.74) is 4.17. The summed E-state index contributed by atoms with van der Waals surface area (Å²) in [6, 6.07) is 2.46. The number of hydrogen-bond acceptors (Lipinski definition) is 5. The van der Waals surface area contributed by atoms with E-state index in [9.17, 15) is 0 Å². The van der Waals surface area contributed by atoms with Gasteiger partial charge in [0.1, 0.15) is 0 Å². The van der Waals surface area contributed by atoms with E-state index in [0.29, 0.717) is 12.0 Å².